The van der Waals surface area contributed by atoms with Crippen LogP contribution in [0.1, 0.15) is 26.3 Å². The number of rotatable bonds is 6. The van der Waals surface area contributed by atoms with Crippen molar-refractivity contribution in [1.82, 2.24) is 5.32 Å². The van der Waals surface area contributed by atoms with E-state index in [9.17, 15) is 14.4 Å². The van der Waals surface area contributed by atoms with E-state index in [1.165, 1.54) is 32.4 Å². The molecule has 136 valence electrons. The van der Waals surface area contributed by atoms with Crippen molar-refractivity contribution >= 4 is 23.7 Å². The maximum atomic E-state index is 12.0. The van der Waals surface area contributed by atoms with Crippen LogP contribution < -0.4 is 10.6 Å². The Morgan fingerprint density at radius 3 is 2.00 bits per heavy atom. The predicted molar refractivity (Wildman–Crippen MR) is 96.3 cm³/mol. The number of methoxy groups -OCH3 is 2. The Labute approximate surface area is 151 Å². The van der Waals surface area contributed by atoms with E-state index in [0.717, 1.165) is 5.56 Å². The monoisotopic (exact) mass is 356 g/mol. The minimum atomic E-state index is -0.622. The number of benzene rings is 2. The fourth-order valence-electron chi connectivity index (χ4n) is 2.31. The highest BCUT2D eigenvalue weighted by Gasteiger charge is 2.14. The summed E-state index contributed by atoms with van der Waals surface area (Å²) in [6, 6.07) is 13.5. The Balaban J connectivity index is 2.03. The summed E-state index contributed by atoms with van der Waals surface area (Å²) in [7, 11) is 2.47. The molecule has 2 amide bonds. The van der Waals surface area contributed by atoms with Crippen molar-refractivity contribution < 1.29 is 23.9 Å². The number of esters is 2. The van der Waals surface area contributed by atoms with E-state index >= 15 is 0 Å². The van der Waals surface area contributed by atoms with E-state index in [-0.39, 0.29) is 16.8 Å². The molecular formula is C19H20N2O5. The van der Waals surface area contributed by atoms with E-state index in [4.69, 9.17) is 0 Å². The first kappa shape index (κ1) is 19.0. The molecule has 0 radical (unpaired) electrons. The zero-order valence-electron chi connectivity index (χ0n) is 14.6. The first-order valence-corrected chi connectivity index (χ1v) is 7.94. The molecule has 2 rings (SSSR count). The van der Waals surface area contributed by atoms with Crippen molar-refractivity contribution in [2.45, 2.75) is 6.42 Å². The highest BCUT2D eigenvalue weighted by atomic mass is 16.5. The molecule has 7 nitrogen and oxygen atoms in total. The lowest BCUT2D eigenvalue weighted by Crippen LogP contribution is -2.30. The second kappa shape index (κ2) is 9.22. The van der Waals surface area contributed by atoms with E-state index in [0.29, 0.717) is 13.0 Å². The van der Waals surface area contributed by atoms with Crippen molar-refractivity contribution in [3.8, 4) is 0 Å². The lowest BCUT2D eigenvalue weighted by molar-refractivity contribution is 0.0599. The molecule has 0 heterocycles. The van der Waals surface area contributed by atoms with Gasteiger partial charge in [-0.1, -0.05) is 30.3 Å². The van der Waals surface area contributed by atoms with Crippen LogP contribution in [0.25, 0.3) is 0 Å². The summed E-state index contributed by atoms with van der Waals surface area (Å²) >= 11 is 0. The number of nitrogens with one attached hydrogen (secondary N) is 2. The van der Waals surface area contributed by atoms with Crippen molar-refractivity contribution in [1.29, 1.82) is 0 Å². The summed E-state index contributed by atoms with van der Waals surface area (Å²) in [4.78, 5) is 35.5. The van der Waals surface area contributed by atoms with Crippen LogP contribution in [-0.4, -0.2) is 38.7 Å². The first-order valence-electron chi connectivity index (χ1n) is 7.94. The van der Waals surface area contributed by atoms with Gasteiger partial charge in [0.05, 0.1) is 25.3 Å². The van der Waals surface area contributed by atoms with Gasteiger partial charge in [0.15, 0.2) is 0 Å². The molecular weight excluding hydrogens is 336 g/mol. The van der Waals surface area contributed by atoms with Crippen LogP contribution >= 0.6 is 0 Å². The Kier molecular flexibility index (Phi) is 6.73. The van der Waals surface area contributed by atoms with E-state index in [1.807, 2.05) is 30.3 Å². The second-order valence-corrected chi connectivity index (χ2v) is 5.40. The Hall–Kier alpha value is -3.35. The molecule has 0 saturated carbocycles. The molecule has 7 heteroatoms. The van der Waals surface area contributed by atoms with Crippen LogP contribution in [0.5, 0.6) is 0 Å². The van der Waals surface area contributed by atoms with E-state index < -0.39 is 18.0 Å². The number of amides is 2. The predicted octanol–water partition coefficient (Wildman–Crippen LogP) is 2.62. The third-order valence-corrected chi connectivity index (χ3v) is 3.58. The molecule has 0 spiro atoms. The van der Waals surface area contributed by atoms with Gasteiger partial charge in [-0.25, -0.2) is 14.4 Å². The van der Waals surface area contributed by atoms with Gasteiger partial charge in [-0.2, -0.15) is 0 Å². The molecule has 0 fully saturated rings. The summed E-state index contributed by atoms with van der Waals surface area (Å²) < 4.78 is 9.32. The van der Waals surface area contributed by atoms with Crippen molar-refractivity contribution in [2.24, 2.45) is 0 Å². The fraction of sp³-hybridized carbons (Fsp3) is 0.211. The zero-order chi connectivity index (χ0) is 18.9. The van der Waals surface area contributed by atoms with Gasteiger partial charge < -0.3 is 20.1 Å². The number of hydrogen-bond donors (Lipinski definition) is 2. The molecule has 26 heavy (non-hydrogen) atoms. The number of carbonyl (C=O) groups is 3. The fourth-order valence-corrected chi connectivity index (χ4v) is 2.31. The van der Waals surface area contributed by atoms with Crippen LogP contribution in [0.2, 0.25) is 0 Å². The Morgan fingerprint density at radius 2 is 1.46 bits per heavy atom. The van der Waals surface area contributed by atoms with Gasteiger partial charge in [0.1, 0.15) is 0 Å². The summed E-state index contributed by atoms with van der Waals surface area (Å²) in [5.74, 6) is -1.24. The number of anilines is 1. The normalized spacial score (nSPS) is 9.92. The van der Waals surface area contributed by atoms with Crippen LogP contribution in [0.4, 0.5) is 10.5 Å². The van der Waals surface area contributed by atoms with Gasteiger partial charge >= 0.3 is 18.0 Å². The Morgan fingerprint density at radius 1 is 0.885 bits per heavy atom. The molecule has 0 atom stereocenters. The summed E-state index contributed by atoms with van der Waals surface area (Å²) in [5, 5.41) is 5.32. The topological polar surface area (TPSA) is 93.7 Å². The van der Waals surface area contributed by atoms with Gasteiger partial charge in [0.25, 0.3) is 0 Å². The maximum absolute atomic E-state index is 12.0. The highest BCUT2D eigenvalue weighted by Crippen LogP contribution is 2.17. The second-order valence-electron chi connectivity index (χ2n) is 5.40. The SMILES string of the molecule is COC(=O)c1cc(NC(=O)NCCc2ccccc2)cc(C(=O)OC)c1. The lowest BCUT2D eigenvalue weighted by Gasteiger charge is -2.10. The minimum Gasteiger partial charge on any atom is -0.465 e. The van der Waals surface area contributed by atoms with Crippen molar-refractivity contribution in [3.05, 3.63) is 65.2 Å². The smallest absolute Gasteiger partial charge is 0.337 e. The third kappa shape index (κ3) is 5.34. The average molecular weight is 356 g/mol. The highest BCUT2D eigenvalue weighted by molar-refractivity contribution is 5.99. The molecule has 0 bridgehead atoms. The lowest BCUT2D eigenvalue weighted by atomic mass is 10.1. The van der Waals surface area contributed by atoms with Crippen molar-refractivity contribution in [2.75, 3.05) is 26.1 Å². The third-order valence-electron chi connectivity index (χ3n) is 3.58. The number of urea groups is 1. The standard InChI is InChI=1S/C19H20N2O5/c1-25-17(22)14-10-15(18(23)26-2)12-16(11-14)21-19(24)20-9-8-13-6-4-3-5-7-13/h3-7,10-12H,8-9H2,1-2H3,(H2,20,21,24). The van der Waals surface area contributed by atoms with Crippen LogP contribution in [-0.2, 0) is 15.9 Å². The number of carbonyl (C=O) groups excluding carboxylic acids is 3. The zero-order valence-corrected chi connectivity index (χ0v) is 14.6. The summed E-state index contributed by atoms with van der Waals surface area (Å²) in [5.41, 5.74) is 1.66. The minimum absolute atomic E-state index is 0.134. The molecule has 0 aliphatic rings. The summed E-state index contributed by atoms with van der Waals surface area (Å²) in [6.07, 6.45) is 0.684. The van der Waals surface area contributed by atoms with Gasteiger partial charge in [0.2, 0.25) is 0 Å². The number of ether oxygens (including phenoxy) is 2. The van der Waals surface area contributed by atoms with Gasteiger partial charge in [-0.05, 0) is 30.2 Å². The molecule has 0 saturated heterocycles. The Bertz CT molecular complexity index is 756. The quantitative estimate of drug-likeness (QED) is 0.776. The molecule has 2 aromatic carbocycles. The van der Waals surface area contributed by atoms with E-state index in [2.05, 4.69) is 20.1 Å². The molecule has 2 N–H and O–H groups in total. The molecule has 0 aliphatic heterocycles. The van der Waals surface area contributed by atoms with Crippen LogP contribution in [0.15, 0.2) is 48.5 Å². The van der Waals surface area contributed by atoms with Crippen LogP contribution in [0.3, 0.4) is 0 Å². The molecule has 0 aromatic heterocycles. The van der Waals surface area contributed by atoms with Gasteiger partial charge in [-0.3, -0.25) is 0 Å². The number of hydrogen-bond acceptors (Lipinski definition) is 5. The molecule has 2 aromatic rings. The van der Waals surface area contributed by atoms with Gasteiger partial charge in [-0.15, -0.1) is 0 Å². The van der Waals surface area contributed by atoms with Crippen LogP contribution in [0, 0.1) is 0 Å². The van der Waals surface area contributed by atoms with Crippen molar-refractivity contribution in [3.63, 3.8) is 0 Å². The summed E-state index contributed by atoms with van der Waals surface area (Å²) in [6.45, 7) is 0.441. The largest absolute Gasteiger partial charge is 0.465 e. The average Bonchev–Trinajstić information content (AvgIpc) is 2.67. The molecule has 0 aliphatic carbocycles. The van der Waals surface area contributed by atoms with Gasteiger partial charge in [0, 0.05) is 12.2 Å². The first-order chi connectivity index (χ1) is 12.5. The molecule has 0 unspecified atom stereocenters. The maximum Gasteiger partial charge on any atom is 0.337 e. The van der Waals surface area contributed by atoms with E-state index in [1.54, 1.807) is 0 Å².